The van der Waals surface area contributed by atoms with Gasteiger partial charge in [0.2, 0.25) is 0 Å². The zero-order valence-electron chi connectivity index (χ0n) is 15.2. The van der Waals surface area contributed by atoms with E-state index in [-0.39, 0.29) is 23.5 Å². The number of hydrogen-bond donors (Lipinski definition) is 0. The number of methoxy groups -OCH3 is 1. The molecule has 142 valence electrons. The molecular weight excluding hydrogens is 344 g/mol. The van der Waals surface area contributed by atoms with Crippen LogP contribution in [0.25, 0.3) is 0 Å². The fourth-order valence-electron chi connectivity index (χ4n) is 2.50. The van der Waals surface area contributed by atoms with E-state index in [9.17, 15) is 19.7 Å². The number of carbonyl (C=O) groups excluding carboxylic acids is 2. The van der Waals surface area contributed by atoms with Crippen LogP contribution in [0.2, 0.25) is 0 Å². The molecule has 26 heavy (non-hydrogen) atoms. The molecular formula is C17H22N2O7. The smallest absolute Gasteiger partial charge is 0.410 e. The topological polar surface area (TPSA) is 108 Å². The highest BCUT2D eigenvalue weighted by molar-refractivity contribution is 5.90. The Balaban J connectivity index is 2.08. The molecule has 1 saturated heterocycles. The maximum atomic E-state index is 12.1. The molecule has 0 saturated carbocycles. The molecule has 0 N–H and O–H groups in total. The first-order valence-corrected chi connectivity index (χ1v) is 8.12. The van der Waals surface area contributed by atoms with E-state index in [0.717, 1.165) is 6.07 Å². The standard InChI is InChI=1S/C17H22N2O7/c1-17(2,3)26-16(21)18-8-7-12(10-18)25-14-6-5-11(15(20)24-4)9-13(14)19(22)23/h5-6,9,12H,7-8,10H2,1-4H3. The first-order chi connectivity index (χ1) is 12.1. The molecule has 0 radical (unpaired) electrons. The molecule has 0 bridgehead atoms. The molecule has 1 fully saturated rings. The number of esters is 1. The molecule has 1 aromatic carbocycles. The summed E-state index contributed by atoms with van der Waals surface area (Å²) >= 11 is 0. The van der Waals surface area contributed by atoms with Crippen LogP contribution in [-0.2, 0) is 9.47 Å². The molecule has 1 heterocycles. The van der Waals surface area contributed by atoms with E-state index in [1.165, 1.54) is 24.1 Å². The van der Waals surface area contributed by atoms with Gasteiger partial charge < -0.3 is 19.1 Å². The third-order valence-electron chi connectivity index (χ3n) is 3.67. The summed E-state index contributed by atoms with van der Waals surface area (Å²) in [5.74, 6) is -0.629. The van der Waals surface area contributed by atoms with Gasteiger partial charge in [-0.25, -0.2) is 9.59 Å². The Bertz CT molecular complexity index is 712. The molecule has 0 aromatic heterocycles. The van der Waals surface area contributed by atoms with Crippen molar-refractivity contribution in [1.82, 2.24) is 4.90 Å². The lowest BCUT2D eigenvalue weighted by atomic mass is 10.2. The number of likely N-dealkylation sites (tertiary alicyclic amines) is 1. The molecule has 1 atom stereocenters. The van der Waals surface area contributed by atoms with E-state index >= 15 is 0 Å². The van der Waals surface area contributed by atoms with Gasteiger partial charge in [-0.2, -0.15) is 0 Å². The Morgan fingerprint density at radius 3 is 2.58 bits per heavy atom. The second kappa shape index (κ2) is 7.59. The van der Waals surface area contributed by atoms with E-state index < -0.39 is 28.7 Å². The summed E-state index contributed by atoms with van der Waals surface area (Å²) < 4.78 is 15.6. The van der Waals surface area contributed by atoms with Gasteiger partial charge in [0, 0.05) is 19.0 Å². The van der Waals surface area contributed by atoms with Crippen LogP contribution in [-0.4, -0.2) is 53.8 Å². The van der Waals surface area contributed by atoms with E-state index in [0.29, 0.717) is 13.0 Å². The molecule has 1 aromatic rings. The van der Waals surface area contributed by atoms with Gasteiger partial charge in [-0.1, -0.05) is 0 Å². The normalized spacial score (nSPS) is 16.9. The lowest BCUT2D eigenvalue weighted by Crippen LogP contribution is -2.36. The first kappa shape index (κ1) is 19.5. The molecule has 1 aliphatic heterocycles. The number of amides is 1. The molecule has 1 amide bonds. The van der Waals surface area contributed by atoms with Crippen molar-refractivity contribution in [2.75, 3.05) is 20.2 Å². The van der Waals surface area contributed by atoms with Crippen LogP contribution in [0.4, 0.5) is 10.5 Å². The number of nitro groups is 1. The Morgan fingerprint density at radius 2 is 2.00 bits per heavy atom. The minimum Gasteiger partial charge on any atom is -0.482 e. The fourth-order valence-corrected chi connectivity index (χ4v) is 2.50. The summed E-state index contributed by atoms with van der Waals surface area (Å²) in [4.78, 5) is 35.8. The van der Waals surface area contributed by atoms with Crippen molar-refractivity contribution in [3.63, 3.8) is 0 Å². The fraction of sp³-hybridized carbons (Fsp3) is 0.529. The van der Waals surface area contributed by atoms with Gasteiger partial charge in [0.15, 0.2) is 5.75 Å². The number of ether oxygens (including phenoxy) is 3. The molecule has 1 unspecified atom stereocenters. The van der Waals surface area contributed by atoms with Crippen molar-refractivity contribution >= 4 is 17.7 Å². The highest BCUT2D eigenvalue weighted by Gasteiger charge is 2.32. The van der Waals surface area contributed by atoms with Crippen LogP contribution in [0.1, 0.15) is 37.6 Å². The zero-order chi connectivity index (χ0) is 19.5. The summed E-state index contributed by atoms with van der Waals surface area (Å²) in [6.45, 7) is 6.04. The van der Waals surface area contributed by atoms with Gasteiger partial charge in [0.1, 0.15) is 11.7 Å². The Kier molecular flexibility index (Phi) is 5.69. The Labute approximate surface area is 151 Å². The van der Waals surface area contributed by atoms with Gasteiger partial charge in [-0.15, -0.1) is 0 Å². The number of carbonyl (C=O) groups is 2. The third kappa shape index (κ3) is 4.84. The summed E-state index contributed by atoms with van der Waals surface area (Å²) in [5, 5.41) is 11.3. The van der Waals surface area contributed by atoms with Crippen LogP contribution in [0, 0.1) is 10.1 Å². The van der Waals surface area contributed by atoms with Crippen LogP contribution in [0.15, 0.2) is 18.2 Å². The number of hydrogen-bond acceptors (Lipinski definition) is 7. The summed E-state index contributed by atoms with van der Waals surface area (Å²) in [6, 6.07) is 3.87. The molecule has 2 rings (SSSR count). The minimum absolute atomic E-state index is 0.0405. The minimum atomic E-state index is -0.670. The van der Waals surface area contributed by atoms with Crippen molar-refractivity contribution in [3.05, 3.63) is 33.9 Å². The lowest BCUT2D eigenvalue weighted by Gasteiger charge is -2.24. The van der Waals surface area contributed by atoms with Gasteiger partial charge in [-0.05, 0) is 32.9 Å². The number of nitro benzene ring substituents is 1. The number of rotatable bonds is 4. The van der Waals surface area contributed by atoms with Crippen molar-refractivity contribution in [1.29, 1.82) is 0 Å². The maximum absolute atomic E-state index is 12.1. The molecule has 9 heteroatoms. The SMILES string of the molecule is COC(=O)c1ccc(OC2CCN(C(=O)OC(C)(C)C)C2)c([N+](=O)[O-])c1. The maximum Gasteiger partial charge on any atom is 0.410 e. The lowest BCUT2D eigenvalue weighted by molar-refractivity contribution is -0.386. The quantitative estimate of drug-likeness (QED) is 0.458. The van der Waals surface area contributed by atoms with Crippen LogP contribution in [0.5, 0.6) is 5.75 Å². The molecule has 9 nitrogen and oxygen atoms in total. The van der Waals surface area contributed by atoms with Crippen LogP contribution >= 0.6 is 0 Å². The van der Waals surface area contributed by atoms with Crippen molar-refractivity contribution in [3.8, 4) is 5.75 Å². The summed E-state index contributed by atoms with van der Waals surface area (Å²) in [5.41, 5.74) is -0.865. The van der Waals surface area contributed by atoms with Crippen molar-refractivity contribution in [2.24, 2.45) is 0 Å². The molecule has 0 aliphatic carbocycles. The second-order valence-corrected chi connectivity index (χ2v) is 6.89. The van der Waals surface area contributed by atoms with Crippen molar-refractivity contribution < 1.29 is 28.7 Å². The zero-order valence-corrected chi connectivity index (χ0v) is 15.2. The number of benzene rings is 1. The predicted molar refractivity (Wildman–Crippen MR) is 91.3 cm³/mol. The largest absolute Gasteiger partial charge is 0.482 e. The third-order valence-corrected chi connectivity index (χ3v) is 3.67. The van der Waals surface area contributed by atoms with E-state index in [1.807, 2.05) is 0 Å². The summed E-state index contributed by atoms with van der Waals surface area (Å²) in [6.07, 6.45) is -0.320. The Morgan fingerprint density at radius 1 is 1.31 bits per heavy atom. The predicted octanol–water partition coefficient (Wildman–Crippen LogP) is 2.77. The molecule has 1 aliphatic rings. The van der Waals surface area contributed by atoms with Gasteiger partial charge >= 0.3 is 17.7 Å². The van der Waals surface area contributed by atoms with E-state index in [1.54, 1.807) is 20.8 Å². The molecule has 0 spiro atoms. The van der Waals surface area contributed by atoms with Crippen LogP contribution in [0.3, 0.4) is 0 Å². The van der Waals surface area contributed by atoms with Gasteiger partial charge in [0.25, 0.3) is 0 Å². The summed E-state index contributed by atoms with van der Waals surface area (Å²) in [7, 11) is 1.20. The second-order valence-electron chi connectivity index (χ2n) is 6.89. The highest BCUT2D eigenvalue weighted by atomic mass is 16.6. The first-order valence-electron chi connectivity index (χ1n) is 8.12. The van der Waals surface area contributed by atoms with Gasteiger partial charge in [0.05, 0.1) is 24.1 Å². The number of nitrogens with zero attached hydrogens (tertiary/aromatic N) is 2. The monoisotopic (exact) mass is 366 g/mol. The van der Waals surface area contributed by atoms with Crippen LogP contribution < -0.4 is 4.74 Å². The average molecular weight is 366 g/mol. The van der Waals surface area contributed by atoms with E-state index in [2.05, 4.69) is 4.74 Å². The van der Waals surface area contributed by atoms with Gasteiger partial charge in [-0.3, -0.25) is 10.1 Å². The highest BCUT2D eigenvalue weighted by Crippen LogP contribution is 2.31. The van der Waals surface area contributed by atoms with E-state index in [4.69, 9.17) is 9.47 Å². The Hall–Kier alpha value is -2.84. The van der Waals surface area contributed by atoms with Crippen molar-refractivity contribution in [2.45, 2.75) is 38.9 Å². The average Bonchev–Trinajstić information content (AvgIpc) is 3.01.